The number of furan rings is 1. The summed E-state index contributed by atoms with van der Waals surface area (Å²) in [4.78, 5) is 18.3. The highest BCUT2D eigenvalue weighted by molar-refractivity contribution is 7.98. The first-order valence-corrected chi connectivity index (χ1v) is 5.30. The summed E-state index contributed by atoms with van der Waals surface area (Å²) < 4.78 is 5.22. The summed E-state index contributed by atoms with van der Waals surface area (Å²) in [7, 11) is 0. The Hall–Kier alpha value is -1.62. The third-order valence-corrected chi connectivity index (χ3v) is 2.68. The zero-order valence-corrected chi connectivity index (χ0v) is 8.61. The highest BCUT2D eigenvalue weighted by Crippen LogP contribution is 2.20. The summed E-state index contributed by atoms with van der Waals surface area (Å²) in [6.07, 6.45) is 3.88. The van der Waals surface area contributed by atoms with E-state index in [9.17, 15) is 4.79 Å². The second kappa shape index (κ2) is 4.75. The minimum Gasteiger partial charge on any atom is -0.457 e. The van der Waals surface area contributed by atoms with Crippen molar-refractivity contribution in [1.82, 2.24) is 9.97 Å². The maximum Gasteiger partial charge on any atom is 0.185 e. The van der Waals surface area contributed by atoms with Gasteiger partial charge in [-0.15, -0.1) is 0 Å². The minimum absolute atomic E-state index is 0.355. The van der Waals surface area contributed by atoms with Crippen LogP contribution in [0.5, 0.6) is 0 Å². The van der Waals surface area contributed by atoms with Gasteiger partial charge in [0.05, 0.1) is 10.8 Å². The van der Waals surface area contributed by atoms with Gasteiger partial charge in [-0.3, -0.25) is 4.79 Å². The molecule has 0 bridgehead atoms. The van der Waals surface area contributed by atoms with Crippen molar-refractivity contribution in [3.8, 4) is 0 Å². The smallest absolute Gasteiger partial charge is 0.185 e. The molecule has 0 radical (unpaired) electrons. The molecule has 0 atom stereocenters. The number of rotatable bonds is 4. The number of aromatic nitrogens is 2. The fraction of sp³-hybridized carbons (Fsp3) is 0.100. The van der Waals surface area contributed by atoms with Crippen LogP contribution in [0.2, 0.25) is 0 Å². The lowest BCUT2D eigenvalue weighted by atomic mass is 10.4. The lowest BCUT2D eigenvalue weighted by Gasteiger charge is -1.96. The van der Waals surface area contributed by atoms with E-state index in [1.54, 1.807) is 18.3 Å². The zero-order valence-electron chi connectivity index (χ0n) is 7.79. The normalized spacial score (nSPS) is 10.1. The summed E-state index contributed by atoms with van der Waals surface area (Å²) >= 11 is 1.54. The first kappa shape index (κ1) is 9.92. The third kappa shape index (κ3) is 2.66. The van der Waals surface area contributed by atoms with Gasteiger partial charge in [0.25, 0.3) is 0 Å². The van der Waals surface area contributed by atoms with E-state index < -0.39 is 0 Å². The van der Waals surface area contributed by atoms with E-state index >= 15 is 0 Å². The Kier molecular flexibility index (Phi) is 3.14. The molecular weight excluding hydrogens is 212 g/mol. The van der Waals surface area contributed by atoms with Crippen LogP contribution in [0, 0.1) is 0 Å². The number of nitrogens with zero attached hydrogens (tertiary/aromatic N) is 2. The number of thioether (sulfide) groups is 1. The van der Waals surface area contributed by atoms with Crippen LogP contribution in [0.1, 0.15) is 16.3 Å². The Morgan fingerprint density at radius 2 is 2.33 bits per heavy atom. The van der Waals surface area contributed by atoms with E-state index in [-0.39, 0.29) is 0 Å². The van der Waals surface area contributed by atoms with E-state index in [4.69, 9.17) is 4.42 Å². The highest BCUT2D eigenvalue weighted by atomic mass is 32.2. The van der Waals surface area contributed by atoms with Gasteiger partial charge in [0.2, 0.25) is 0 Å². The van der Waals surface area contributed by atoms with Gasteiger partial charge in [-0.25, -0.2) is 9.97 Å². The van der Waals surface area contributed by atoms with E-state index in [0.29, 0.717) is 17.8 Å². The number of carbonyl (C=O) groups excluding carboxylic acids is 1. The van der Waals surface area contributed by atoms with Gasteiger partial charge in [0.1, 0.15) is 12.1 Å². The maximum atomic E-state index is 10.4. The number of hydrogen-bond donors (Lipinski definition) is 0. The van der Waals surface area contributed by atoms with Gasteiger partial charge in [-0.05, 0) is 18.2 Å². The Morgan fingerprint density at radius 1 is 1.40 bits per heavy atom. The summed E-state index contributed by atoms with van der Waals surface area (Å²) in [6.45, 7) is 0. The van der Waals surface area contributed by atoms with Gasteiger partial charge in [-0.2, -0.15) is 0 Å². The molecule has 0 saturated carbocycles. The van der Waals surface area contributed by atoms with Gasteiger partial charge in [0.15, 0.2) is 12.0 Å². The van der Waals surface area contributed by atoms with Crippen molar-refractivity contribution in [2.24, 2.45) is 0 Å². The van der Waals surface area contributed by atoms with Crippen molar-refractivity contribution in [2.45, 2.75) is 10.8 Å². The van der Waals surface area contributed by atoms with E-state index in [1.165, 1.54) is 18.1 Å². The molecule has 0 aliphatic rings. The summed E-state index contributed by atoms with van der Waals surface area (Å²) in [5.74, 6) is 1.78. The summed E-state index contributed by atoms with van der Waals surface area (Å²) in [5, 5.41) is 0.883. The zero-order chi connectivity index (χ0) is 10.5. The molecule has 4 nitrogen and oxygen atoms in total. The summed E-state index contributed by atoms with van der Waals surface area (Å²) in [5.41, 5.74) is 0. The van der Waals surface area contributed by atoms with Crippen molar-refractivity contribution < 1.29 is 9.21 Å². The molecule has 2 aromatic rings. The van der Waals surface area contributed by atoms with Crippen molar-refractivity contribution in [3.63, 3.8) is 0 Å². The molecule has 0 spiro atoms. The van der Waals surface area contributed by atoms with Crippen LogP contribution in [0.15, 0.2) is 40.2 Å². The molecule has 0 fully saturated rings. The molecule has 0 N–H and O–H groups in total. The first-order chi connectivity index (χ1) is 7.38. The number of carbonyl (C=O) groups is 1. The molecular formula is C10H8N2O2S. The number of hydrogen-bond acceptors (Lipinski definition) is 5. The van der Waals surface area contributed by atoms with Crippen molar-refractivity contribution in [2.75, 3.05) is 0 Å². The highest BCUT2D eigenvalue weighted by Gasteiger charge is 2.02. The fourth-order valence-corrected chi connectivity index (χ4v) is 1.77. The molecule has 76 valence electrons. The molecule has 0 aliphatic heterocycles. The topological polar surface area (TPSA) is 56.0 Å². The monoisotopic (exact) mass is 220 g/mol. The second-order valence-electron chi connectivity index (χ2n) is 2.76. The Bertz CT molecular complexity index is 442. The first-order valence-electron chi connectivity index (χ1n) is 4.31. The van der Waals surface area contributed by atoms with Gasteiger partial charge >= 0.3 is 0 Å². The van der Waals surface area contributed by atoms with E-state index in [0.717, 1.165) is 10.8 Å². The Labute approximate surface area is 90.7 Å². The summed E-state index contributed by atoms with van der Waals surface area (Å²) in [6, 6.07) is 5.27. The van der Waals surface area contributed by atoms with Crippen LogP contribution >= 0.6 is 11.8 Å². The average molecular weight is 220 g/mol. The second-order valence-corrected chi connectivity index (χ2v) is 3.75. The standard InChI is InChI=1S/C10H8N2O2S/c13-5-8-1-2-9(14-8)6-15-10-3-4-11-7-12-10/h1-5,7H,6H2. The van der Waals surface area contributed by atoms with Gasteiger partial charge in [0, 0.05) is 6.20 Å². The molecule has 0 saturated heterocycles. The molecule has 15 heavy (non-hydrogen) atoms. The Morgan fingerprint density at radius 3 is 3.00 bits per heavy atom. The molecule has 5 heteroatoms. The minimum atomic E-state index is 0.355. The lowest BCUT2D eigenvalue weighted by molar-refractivity contribution is 0.109. The Balaban J connectivity index is 1.96. The van der Waals surface area contributed by atoms with Crippen LogP contribution in [-0.2, 0) is 5.75 Å². The van der Waals surface area contributed by atoms with Crippen molar-refractivity contribution in [1.29, 1.82) is 0 Å². The van der Waals surface area contributed by atoms with E-state index in [1.807, 2.05) is 6.07 Å². The molecule has 2 aromatic heterocycles. The molecule has 0 unspecified atom stereocenters. The van der Waals surface area contributed by atoms with Crippen LogP contribution in [0.3, 0.4) is 0 Å². The predicted molar refractivity (Wildman–Crippen MR) is 55.7 cm³/mol. The maximum absolute atomic E-state index is 10.4. The van der Waals surface area contributed by atoms with Crippen LogP contribution in [-0.4, -0.2) is 16.3 Å². The lowest BCUT2D eigenvalue weighted by Crippen LogP contribution is -1.81. The largest absolute Gasteiger partial charge is 0.457 e. The van der Waals surface area contributed by atoms with Crippen molar-refractivity contribution in [3.05, 3.63) is 42.2 Å². The van der Waals surface area contributed by atoms with Crippen LogP contribution in [0.4, 0.5) is 0 Å². The molecule has 0 amide bonds. The van der Waals surface area contributed by atoms with Crippen molar-refractivity contribution >= 4 is 18.0 Å². The van der Waals surface area contributed by atoms with E-state index in [2.05, 4.69) is 9.97 Å². The molecule has 2 rings (SSSR count). The molecule has 2 heterocycles. The van der Waals surface area contributed by atoms with Gasteiger partial charge < -0.3 is 4.42 Å². The van der Waals surface area contributed by atoms with Crippen LogP contribution in [0.25, 0.3) is 0 Å². The fourth-order valence-electron chi connectivity index (χ4n) is 1.04. The predicted octanol–water partition coefficient (Wildman–Crippen LogP) is 2.17. The molecule has 0 aliphatic carbocycles. The molecule has 0 aromatic carbocycles. The quantitative estimate of drug-likeness (QED) is 0.449. The average Bonchev–Trinajstić information content (AvgIpc) is 2.76. The van der Waals surface area contributed by atoms with Gasteiger partial charge in [-0.1, -0.05) is 11.8 Å². The number of aldehydes is 1. The van der Waals surface area contributed by atoms with Crippen LogP contribution < -0.4 is 0 Å². The SMILES string of the molecule is O=Cc1ccc(CSc2ccncn2)o1. The third-order valence-electron chi connectivity index (χ3n) is 1.72.